The summed E-state index contributed by atoms with van der Waals surface area (Å²) in [5.74, 6) is 0.220. The minimum atomic E-state index is -0.161. The molecule has 0 aliphatic rings. The second-order valence-electron chi connectivity index (χ2n) is 6.41. The predicted molar refractivity (Wildman–Crippen MR) is 115 cm³/mol. The topological polar surface area (TPSA) is 86.9 Å². The fourth-order valence-electron chi connectivity index (χ4n) is 2.89. The van der Waals surface area contributed by atoms with Gasteiger partial charge in [-0.25, -0.2) is 0 Å². The van der Waals surface area contributed by atoms with Gasteiger partial charge in [-0.2, -0.15) is 5.10 Å². The molecule has 0 saturated heterocycles. The van der Waals surface area contributed by atoms with E-state index >= 15 is 0 Å². The zero-order chi connectivity index (χ0) is 20.2. The lowest BCUT2D eigenvalue weighted by Gasteiger charge is -2.08. The normalized spacial score (nSPS) is 10.7. The van der Waals surface area contributed by atoms with Crippen molar-refractivity contribution in [3.05, 3.63) is 78.4 Å². The number of rotatable bonds is 5. The Kier molecular flexibility index (Phi) is 5.31. The van der Waals surface area contributed by atoms with Gasteiger partial charge in [-0.15, -0.1) is 0 Å². The molecular formula is C22H18N4O2S. The summed E-state index contributed by atoms with van der Waals surface area (Å²) in [5.41, 5.74) is 2.19. The molecular weight excluding hydrogens is 384 g/mol. The third-order valence-corrected chi connectivity index (χ3v) is 5.17. The van der Waals surface area contributed by atoms with Crippen LogP contribution in [0.1, 0.15) is 17.3 Å². The number of carbonyl (C=O) groups excluding carboxylic acids is 2. The van der Waals surface area contributed by atoms with Gasteiger partial charge in [0.25, 0.3) is 5.91 Å². The highest BCUT2D eigenvalue weighted by molar-refractivity contribution is 7.99. The summed E-state index contributed by atoms with van der Waals surface area (Å²) in [7, 11) is 0. The molecule has 4 rings (SSSR count). The van der Waals surface area contributed by atoms with E-state index in [9.17, 15) is 9.59 Å². The van der Waals surface area contributed by atoms with Crippen LogP contribution in [0.25, 0.3) is 10.9 Å². The number of amides is 2. The van der Waals surface area contributed by atoms with Crippen LogP contribution in [0, 0.1) is 0 Å². The lowest BCUT2D eigenvalue weighted by molar-refractivity contribution is -0.114. The van der Waals surface area contributed by atoms with Crippen molar-refractivity contribution in [3.63, 3.8) is 0 Å². The first-order chi connectivity index (χ1) is 14.1. The van der Waals surface area contributed by atoms with Crippen LogP contribution < -0.4 is 10.6 Å². The molecule has 6 nitrogen and oxygen atoms in total. The number of nitrogens with one attached hydrogen (secondary N) is 3. The Morgan fingerprint density at radius 1 is 0.897 bits per heavy atom. The van der Waals surface area contributed by atoms with Crippen molar-refractivity contribution < 1.29 is 9.59 Å². The van der Waals surface area contributed by atoms with Gasteiger partial charge < -0.3 is 10.6 Å². The van der Waals surface area contributed by atoms with Gasteiger partial charge in [-0.1, -0.05) is 36.0 Å². The molecule has 0 bridgehead atoms. The molecule has 1 aromatic heterocycles. The monoisotopic (exact) mass is 402 g/mol. The smallest absolute Gasteiger partial charge is 0.255 e. The highest BCUT2D eigenvalue weighted by atomic mass is 32.2. The number of fused-ring (bicyclic) bond motifs is 1. The fourth-order valence-corrected chi connectivity index (χ4v) is 3.81. The maximum atomic E-state index is 12.3. The summed E-state index contributed by atoms with van der Waals surface area (Å²) < 4.78 is 0. The van der Waals surface area contributed by atoms with E-state index in [-0.39, 0.29) is 11.8 Å². The summed E-state index contributed by atoms with van der Waals surface area (Å²) in [6, 6.07) is 22.7. The standard InChI is InChI=1S/C22H18N4O2S/c1-14(27)23-21-19-11-10-18(13-20(19)25-26-21)29-17-9-5-8-16(12-17)24-22(28)15-6-3-2-4-7-15/h2-13H,1H3,(H,24,28)(H2,23,25,26,27). The van der Waals surface area contributed by atoms with Crippen molar-refractivity contribution in [2.45, 2.75) is 16.7 Å². The van der Waals surface area contributed by atoms with Crippen LogP contribution >= 0.6 is 11.8 Å². The van der Waals surface area contributed by atoms with E-state index in [4.69, 9.17) is 0 Å². The number of H-pyrrole nitrogens is 1. The average molecular weight is 402 g/mol. The summed E-state index contributed by atoms with van der Waals surface area (Å²) in [5, 5.41) is 13.6. The van der Waals surface area contributed by atoms with Crippen molar-refractivity contribution >= 4 is 46.0 Å². The zero-order valence-electron chi connectivity index (χ0n) is 15.6. The molecule has 0 spiro atoms. The first-order valence-electron chi connectivity index (χ1n) is 8.98. The molecule has 0 unspecified atom stereocenters. The second-order valence-corrected chi connectivity index (χ2v) is 7.56. The fraction of sp³-hybridized carbons (Fsp3) is 0.0455. The molecule has 1 heterocycles. The highest BCUT2D eigenvalue weighted by Gasteiger charge is 2.09. The van der Waals surface area contributed by atoms with Crippen molar-refractivity contribution in [1.29, 1.82) is 0 Å². The maximum Gasteiger partial charge on any atom is 0.255 e. The quantitative estimate of drug-likeness (QED) is 0.442. The third-order valence-electron chi connectivity index (χ3n) is 4.19. The molecule has 29 heavy (non-hydrogen) atoms. The van der Waals surface area contributed by atoms with Crippen LogP contribution in [0.2, 0.25) is 0 Å². The van der Waals surface area contributed by atoms with Crippen molar-refractivity contribution in [2.24, 2.45) is 0 Å². The number of anilines is 2. The molecule has 3 N–H and O–H groups in total. The number of nitrogens with zero attached hydrogens (tertiary/aromatic N) is 1. The second kappa shape index (κ2) is 8.20. The first-order valence-corrected chi connectivity index (χ1v) is 9.80. The van der Waals surface area contributed by atoms with Gasteiger partial charge in [0.1, 0.15) is 0 Å². The van der Waals surface area contributed by atoms with Crippen LogP contribution in [0.15, 0.2) is 82.6 Å². The Bertz CT molecular complexity index is 1190. The number of hydrogen-bond acceptors (Lipinski definition) is 4. The van der Waals surface area contributed by atoms with Crippen LogP contribution in [0.3, 0.4) is 0 Å². The molecule has 4 aromatic rings. The van der Waals surface area contributed by atoms with Crippen LogP contribution in [-0.4, -0.2) is 22.0 Å². The SMILES string of the molecule is CC(=O)Nc1n[nH]c2cc(Sc3cccc(NC(=O)c4ccccc4)c3)ccc12. The summed E-state index contributed by atoms with van der Waals surface area (Å²) in [4.78, 5) is 25.6. The molecule has 0 aliphatic heterocycles. The van der Waals surface area contributed by atoms with Gasteiger partial charge in [0, 0.05) is 33.4 Å². The Labute approximate surface area is 171 Å². The van der Waals surface area contributed by atoms with Gasteiger partial charge in [-0.3, -0.25) is 14.7 Å². The molecule has 0 saturated carbocycles. The third kappa shape index (κ3) is 4.47. The Balaban J connectivity index is 1.50. The molecule has 3 aromatic carbocycles. The van der Waals surface area contributed by atoms with Crippen molar-refractivity contribution in [3.8, 4) is 0 Å². The Morgan fingerprint density at radius 2 is 1.69 bits per heavy atom. The van der Waals surface area contributed by atoms with E-state index in [1.54, 1.807) is 23.9 Å². The van der Waals surface area contributed by atoms with E-state index in [1.165, 1.54) is 6.92 Å². The molecule has 0 aliphatic carbocycles. The summed E-state index contributed by atoms with van der Waals surface area (Å²) in [6.07, 6.45) is 0. The predicted octanol–water partition coefficient (Wildman–Crippen LogP) is 4.92. The maximum absolute atomic E-state index is 12.3. The molecule has 0 radical (unpaired) electrons. The minimum Gasteiger partial charge on any atom is -0.322 e. The van der Waals surface area contributed by atoms with Gasteiger partial charge in [0.2, 0.25) is 5.91 Å². The molecule has 0 fully saturated rings. The number of benzene rings is 3. The van der Waals surface area contributed by atoms with Gasteiger partial charge in [-0.05, 0) is 48.5 Å². The average Bonchev–Trinajstić information content (AvgIpc) is 3.10. The van der Waals surface area contributed by atoms with Gasteiger partial charge in [0.15, 0.2) is 5.82 Å². The molecule has 2 amide bonds. The number of aromatic nitrogens is 2. The molecule has 7 heteroatoms. The molecule has 0 atom stereocenters. The summed E-state index contributed by atoms with van der Waals surface area (Å²) in [6.45, 7) is 1.45. The van der Waals surface area contributed by atoms with Crippen LogP contribution in [0.4, 0.5) is 11.5 Å². The highest BCUT2D eigenvalue weighted by Crippen LogP contribution is 2.32. The van der Waals surface area contributed by atoms with E-state index < -0.39 is 0 Å². The number of carbonyl (C=O) groups is 2. The van der Waals surface area contributed by atoms with Crippen molar-refractivity contribution in [2.75, 3.05) is 10.6 Å². The number of aromatic amines is 1. The molecule has 144 valence electrons. The lowest BCUT2D eigenvalue weighted by atomic mass is 10.2. The van der Waals surface area contributed by atoms with Gasteiger partial charge in [0.05, 0.1) is 5.52 Å². The van der Waals surface area contributed by atoms with Gasteiger partial charge >= 0.3 is 0 Å². The van der Waals surface area contributed by atoms with E-state index in [0.717, 1.165) is 26.4 Å². The van der Waals surface area contributed by atoms with E-state index in [2.05, 4.69) is 20.8 Å². The lowest BCUT2D eigenvalue weighted by Crippen LogP contribution is -2.11. The van der Waals surface area contributed by atoms with Crippen molar-refractivity contribution in [1.82, 2.24) is 10.2 Å². The minimum absolute atomic E-state index is 0.142. The Hall–Kier alpha value is -3.58. The van der Waals surface area contributed by atoms with Crippen LogP contribution in [0.5, 0.6) is 0 Å². The van der Waals surface area contributed by atoms with E-state index in [1.807, 2.05) is 60.7 Å². The first kappa shape index (κ1) is 18.8. The zero-order valence-corrected chi connectivity index (χ0v) is 16.4. The number of hydrogen-bond donors (Lipinski definition) is 3. The summed E-state index contributed by atoms with van der Waals surface area (Å²) >= 11 is 1.58. The van der Waals surface area contributed by atoms with E-state index in [0.29, 0.717) is 11.4 Å². The Morgan fingerprint density at radius 3 is 2.48 bits per heavy atom. The largest absolute Gasteiger partial charge is 0.322 e. The van der Waals surface area contributed by atoms with Crippen LogP contribution in [-0.2, 0) is 4.79 Å².